The lowest BCUT2D eigenvalue weighted by Gasteiger charge is -2.36. The molecule has 3 heterocycles. The van der Waals surface area contributed by atoms with E-state index in [1.54, 1.807) is 11.9 Å². The van der Waals surface area contributed by atoms with Crippen LogP contribution in [0.25, 0.3) is 0 Å². The number of morpholine rings is 1. The molecule has 8 nitrogen and oxygen atoms in total. The number of nitrogens with zero attached hydrogens (tertiary/aromatic N) is 3. The van der Waals surface area contributed by atoms with Gasteiger partial charge in [0, 0.05) is 20.1 Å². The number of benzene rings is 1. The lowest BCUT2D eigenvalue weighted by molar-refractivity contribution is -0.146. The van der Waals surface area contributed by atoms with Crippen molar-refractivity contribution in [2.24, 2.45) is 0 Å². The molecule has 160 valence electrons. The van der Waals surface area contributed by atoms with Gasteiger partial charge in [0.2, 0.25) is 5.91 Å². The van der Waals surface area contributed by atoms with E-state index in [1.807, 2.05) is 45.0 Å². The number of urea groups is 1. The van der Waals surface area contributed by atoms with Crippen molar-refractivity contribution < 1.29 is 19.1 Å². The maximum absolute atomic E-state index is 13.3. The largest absolute Gasteiger partial charge is 0.372 e. The topological polar surface area (TPSA) is 82.2 Å². The fourth-order valence-corrected chi connectivity index (χ4v) is 4.40. The molecule has 3 aliphatic rings. The first-order chi connectivity index (χ1) is 14.2. The van der Waals surface area contributed by atoms with Crippen molar-refractivity contribution in [3.63, 3.8) is 0 Å². The molecule has 8 heteroatoms. The molecule has 1 fully saturated rings. The second kappa shape index (κ2) is 7.75. The van der Waals surface area contributed by atoms with Crippen LogP contribution in [-0.4, -0.2) is 78.0 Å². The molecule has 3 aliphatic heterocycles. The molecule has 0 radical (unpaired) electrons. The minimum atomic E-state index is -0.514. The van der Waals surface area contributed by atoms with Crippen molar-refractivity contribution in [1.29, 1.82) is 0 Å². The van der Waals surface area contributed by atoms with Gasteiger partial charge in [-0.05, 0) is 26.3 Å². The van der Waals surface area contributed by atoms with Gasteiger partial charge in [0.1, 0.15) is 6.54 Å². The lowest BCUT2D eigenvalue weighted by Crippen LogP contribution is -2.51. The van der Waals surface area contributed by atoms with Gasteiger partial charge in [-0.25, -0.2) is 4.79 Å². The quantitative estimate of drug-likeness (QED) is 0.814. The zero-order chi connectivity index (χ0) is 21.6. The van der Waals surface area contributed by atoms with Crippen molar-refractivity contribution in [3.8, 4) is 0 Å². The molecule has 0 aliphatic carbocycles. The highest BCUT2D eigenvalue weighted by Gasteiger charge is 2.43. The van der Waals surface area contributed by atoms with Crippen molar-refractivity contribution in [3.05, 3.63) is 46.7 Å². The molecular formula is C22H28N4O4. The second-order valence-electron chi connectivity index (χ2n) is 8.43. The van der Waals surface area contributed by atoms with Crippen LogP contribution in [0.5, 0.6) is 0 Å². The Hall–Kier alpha value is -2.87. The predicted molar refractivity (Wildman–Crippen MR) is 110 cm³/mol. The van der Waals surface area contributed by atoms with E-state index in [9.17, 15) is 14.4 Å². The summed E-state index contributed by atoms with van der Waals surface area (Å²) < 4.78 is 5.70. The summed E-state index contributed by atoms with van der Waals surface area (Å²) in [5.74, 6) is -0.302. The van der Waals surface area contributed by atoms with Crippen molar-refractivity contribution in [2.75, 3.05) is 33.2 Å². The number of hydrogen-bond acceptors (Lipinski definition) is 4. The summed E-state index contributed by atoms with van der Waals surface area (Å²) in [7, 11) is 1.65. The number of ether oxygens (including phenoxy) is 1. The highest BCUT2D eigenvalue weighted by atomic mass is 16.5. The Morgan fingerprint density at radius 2 is 1.77 bits per heavy atom. The van der Waals surface area contributed by atoms with Gasteiger partial charge in [0.05, 0.1) is 36.1 Å². The van der Waals surface area contributed by atoms with E-state index in [-0.39, 0.29) is 43.1 Å². The fourth-order valence-electron chi connectivity index (χ4n) is 4.40. The van der Waals surface area contributed by atoms with Crippen molar-refractivity contribution >= 4 is 17.8 Å². The Morgan fingerprint density at radius 3 is 2.40 bits per heavy atom. The number of amides is 4. The van der Waals surface area contributed by atoms with Gasteiger partial charge in [0.25, 0.3) is 5.91 Å². The monoisotopic (exact) mass is 412 g/mol. The third-order valence-corrected chi connectivity index (χ3v) is 5.94. The van der Waals surface area contributed by atoms with E-state index < -0.39 is 6.04 Å². The van der Waals surface area contributed by atoms with Crippen LogP contribution < -0.4 is 5.32 Å². The molecule has 4 rings (SSSR count). The number of carbonyl (C=O) groups excluding carboxylic acids is 3. The lowest BCUT2D eigenvalue weighted by atomic mass is 9.95. The van der Waals surface area contributed by atoms with Gasteiger partial charge in [-0.3, -0.25) is 14.5 Å². The Kier molecular flexibility index (Phi) is 5.27. The molecule has 1 saturated heterocycles. The summed E-state index contributed by atoms with van der Waals surface area (Å²) in [4.78, 5) is 43.5. The number of hydrogen-bond donors (Lipinski definition) is 1. The third kappa shape index (κ3) is 3.67. The smallest absolute Gasteiger partial charge is 0.322 e. The number of carbonyl (C=O) groups is 3. The summed E-state index contributed by atoms with van der Waals surface area (Å²) in [5.41, 5.74) is 3.15. The van der Waals surface area contributed by atoms with Crippen molar-refractivity contribution in [1.82, 2.24) is 20.0 Å². The summed E-state index contributed by atoms with van der Waals surface area (Å²) in [6.45, 7) is 7.15. The molecule has 1 aromatic carbocycles. The minimum absolute atomic E-state index is 0.00603. The number of rotatable bonds is 3. The van der Waals surface area contributed by atoms with E-state index in [4.69, 9.17) is 4.74 Å². The number of aryl methyl sites for hydroxylation is 1. The highest BCUT2D eigenvalue weighted by Crippen LogP contribution is 2.35. The van der Waals surface area contributed by atoms with Crippen LogP contribution in [0, 0.1) is 6.92 Å². The summed E-state index contributed by atoms with van der Waals surface area (Å²) >= 11 is 0. The maximum atomic E-state index is 13.3. The van der Waals surface area contributed by atoms with Crippen LogP contribution in [-0.2, 0) is 14.3 Å². The zero-order valence-corrected chi connectivity index (χ0v) is 17.8. The summed E-state index contributed by atoms with van der Waals surface area (Å²) in [5, 5.41) is 2.92. The van der Waals surface area contributed by atoms with E-state index in [2.05, 4.69) is 5.32 Å². The van der Waals surface area contributed by atoms with Gasteiger partial charge >= 0.3 is 6.03 Å². The molecule has 1 N–H and O–H groups in total. The van der Waals surface area contributed by atoms with Crippen LogP contribution in [0.3, 0.4) is 0 Å². The summed E-state index contributed by atoms with van der Waals surface area (Å²) in [6.07, 6.45) is -0.0608. The zero-order valence-electron chi connectivity index (χ0n) is 17.8. The molecule has 30 heavy (non-hydrogen) atoms. The average Bonchev–Trinajstić information content (AvgIpc) is 3.01. The normalized spacial score (nSPS) is 26.8. The molecular weight excluding hydrogens is 384 g/mol. The predicted octanol–water partition coefficient (Wildman–Crippen LogP) is 1.42. The standard InChI is InChI=1S/C22H28N4O4/c1-13-5-7-16(8-6-13)20-19-17(24(4)22(29)23-20)11-26(21(19)28)12-18(27)25-9-14(2)30-15(3)10-25/h5-8,14-15,20H,9-12H2,1-4H3,(H,23,29). The average molecular weight is 412 g/mol. The third-order valence-electron chi connectivity index (χ3n) is 5.94. The molecule has 0 bridgehead atoms. The van der Waals surface area contributed by atoms with Crippen molar-refractivity contribution in [2.45, 2.75) is 39.0 Å². The van der Waals surface area contributed by atoms with E-state index in [0.29, 0.717) is 24.4 Å². The fraction of sp³-hybridized carbons (Fsp3) is 0.500. The van der Waals surface area contributed by atoms with E-state index in [1.165, 1.54) is 9.80 Å². The van der Waals surface area contributed by atoms with Gasteiger partial charge in [-0.2, -0.15) is 0 Å². The Bertz CT molecular complexity index is 900. The van der Waals surface area contributed by atoms with Gasteiger partial charge in [-0.15, -0.1) is 0 Å². The van der Waals surface area contributed by atoms with Crippen LogP contribution in [0.15, 0.2) is 35.5 Å². The van der Waals surface area contributed by atoms with Gasteiger partial charge < -0.3 is 19.9 Å². The first-order valence-electron chi connectivity index (χ1n) is 10.3. The first kappa shape index (κ1) is 20.4. The van der Waals surface area contributed by atoms with Gasteiger partial charge in [-0.1, -0.05) is 29.8 Å². The molecule has 0 spiro atoms. The molecule has 4 amide bonds. The highest BCUT2D eigenvalue weighted by molar-refractivity contribution is 6.02. The Labute approximate surface area is 176 Å². The van der Waals surface area contributed by atoms with E-state index >= 15 is 0 Å². The van der Waals surface area contributed by atoms with Crippen LogP contribution in [0.2, 0.25) is 0 Å². The molecule has 1 aromatic rings. The van der Waals surface area contributed by atoms with Gasteiger partial charge in [0.15, 0.2) is 0 Å². The van der Waals surface area contributed by atoms with E-state index in [0.717, 1.165) is 11.1 Å². The number of likely N-dealkylation sites (N-methyl/N-ethyl adjacent to an activating group) is 1. The van der Waals surface area contributed by atoms with Crippen LogP contribution >= 0.6 is 0 Å². The molecule has 0 saturated carbocycles. The summed E-state index contributed by atoms with van der Waals surface area (Å²) in [6, 6.07) is 7.00. The SMILES string of the molecule is Cc1ccc(C2NC(=O)N(C)C3=C2C(=O)N(CC(=O)N2CC(C)OC(C)C2)C3)cc1. The Balaban J connectivity index is 1.55. The van der Waals surface area contributed by atoms with Crippen LogP contribution in [0.4, 0.5) is 4.79 Å². The Morgan fingerprint density at radius 1 is 1.13 bits per heavy atom. The first-order valence-corrected chi connectivity index (χ1v) is 10.3. The molecule has 3 atom stereocenters. The maximum Gasteiger partial charge on any atom is 0.322 e. The second-order valence-corrected chi connectivity index (χ2v) is 8.43. The minimum Gasteiger partial charge on any atom is -0.372 e. The van der Waals surface area contributed by atoms with Crippen LogP contribution in [0.1, 0.15) is 31.0 Å². The number of nitrogens with one attached hydrogen (secondary N) is 1. The molecule has 0 aromatic heterocycles. The molecule has 3 unspecified atom stereocenters.